The van der Waals surface area contributed by atoms with Gasteiger partial charge in [-0.05, 0) is 48.7 Å². The van der Waals surface area contributed by atoms with Crippen LogP contribution in [0, 0.1) is 5.92 Å². The molecule has 0 aliphatic carbocycles. The van der Waals surface area contributed by atoms with E-state index in [2.05, 4.69) is 0 Å². The minimum atomic E-state index is -1.91. The molecule has 1 saturated heterocycles. The average Bonchev–Trinajstić information content (AvgIpc) is 3.57. The molecule has 3 aromatic rings. The van der Waals surface area contributed by atoms with Gasteiger partial charge in [0.05, 0.1) is 24.9 Å². The highest BCUT2D eigenvalue weighted by molar-refractivity contribution is 6.08. The number of fused-ring (bicyclic) bond motifs is 1. The first kappa shape index (κ1) is 28.3. The molecule has 2 N–H and O–H groups in total. The standard InChI is InChI=1S/C33H35N3O5/c1-24(10-8-16-31(39)34-19-9-15-28(34)22-37)33(41)29-20-27(36(23-38)26-13-6-3-7-14-26)17-18-30(29)35(32(33)40)21-25-11-4-2-5-12-25/h2-8,10-14,17-18,20,23-24,28,37,41H,9,15-16,19,21-22H2,1H3/b10-8+/t24-,28+,33+/m1/s1. The predicted octanol–water partition coefficient (Wildman–Crippen LogP) is 4.28. The second-order valence-corrected chi connectivity index (χ2v) is 10.6. The molecular formula is C33H35N3O5. The van der Waals surface area contributed by atoms with E-state index >= 15 is 0 Å². The van der Waals surface area contributed by atoms with Crippen molar-refractivity contribution in [2.24, 2.45) is 5.92 Å². The minimum absolute atomic E-state index is 0.0583. The van der Waals surface area contributed by atoms with Crippen LogP contribution in [0.1, 0.15) is 37.3 Å². The Morgan fingerprint density at radius 3 is 2.46 bits per heavy atom. The Morgan fingerprint density at radius 2 is 1.78 bits per heavy atom. The fourth-order valence-corrected chi connectivity index (χ4v) is 5.85. The molecule has 0 saturated carbocycles. The lowest BCUT2D eigenvalue weighted by Crippen LogP contribution is -2.44. The summed E-state index contributed by atoms with van der Waals surface area (Å²) in [5.41, 5.74) is 1.16. The number of hydrogen-bond donors (Lipinski definition) is 2. The van der Waals surface area contributed by atoms with Crippen molar-refractivity contribution in [3.05, 3.63) is 102 Å². The van der Waals surface area contributed by atoms with E-state index in [1.165, 1.54) is 4.90 Å². The quantitative estimate of drug-likeness (QED) is 0.288. The Bertz CT molecular complexity index is 1430. The maximum Gasteiger partial charge on any atom is 0.264 e. The van der Waals surface area contributed by atoms with Gasteiger partial charge in [0.25, 0.3) is 5.91 Å². The Kier molecular flexibility index (Phi) is 8.33. The topological polar surface area (TPSA) is 101 Å². The Balaban J connectivity index is 1.47. The lowest BCUT2D eigenvalue weighted by atomic mass is 9.82. The van der Waals surface area contributed by atoms with E-state index in [9.17, 15) is 24.6 Å². The molecule has 0 spiro atoms. The van der Waals surface area contributed by atoms with Crippen LogP contribution in [-0.2, 0) is 26.5 Å². The normalized spacial score (nSPS) is 20.9. The summed E-state index contributed by atoms with van der Waals surface area (Å²) in [7, 11) is 0. The van der Waals surface area contributed by atoms with E-state index in [1.54, 1.807) is 47.1 Å². The van der Waals surface area contributed by atoms with Crippen molar-refractivity contribution in [3.8, 4) is 0 Å². The van der Waals surface area contributed by atoms with E-state index in [0.717, 1.165) is 18.4 Å². The van der Waals surface area contributed by atoms with E-state index in [-0.39, 0.29) is 31.5 Å². The van der Waals surface area contributed by atoms with Crippen LogP contribution in [0.5, 0.6) is 0 Å². The largest absolute Gasteiger partial charge is 0.394 e. The highest BCUT2D eigenvalue weighted by Crippen LogP contribution is 2.47. The summed E-state index contributed by atoms with van der Waals surface area (Å²) in [5, 5.41) is 21.7. The van der Waals surface area contributed by atoms with Crippen molar-refractivity contribution in [2.75, 3.05) is 23.0 Å². The number of aliphatic hydroxyl groups is 2. The molecule has 2 aliphatic heterocycles. The smallest absolute Gasteiger partial charge is 0.264 e. The molecule has 212 valence electrons. The zero-order chi connectivity index (χ0) is 29.0. The molecule has 0 unspecified atom stereocenters. The third kappa shape index (κ3) is 5.40. The van der Waals surface area contributed by atoms with Crippen LogP contribution in [-0.4, -0.2) is 52.5 Å². The average molecular weight is 554 g/mol. The summed E-state index contributed by atoms with van der Waals surface area (Å²) >= 11 is 0. The SMILES string of the molecule is C[C@H](/C=C/CC(=O)N1CCC[C@H]1CO)[C@@]1(O)C(=O)N(Cc2ccccc2)c2ccc(N(C=O)c3ccccc3)cc21. The van der Waals surface area contributed by atoms with Gasteiger partial charge in [-0.3, -0.25) is 19.3 Å². The van der Waals surface area contributed by atoms with Crippen LogP contribution in [0.3, 0.4) is 0 Å². The third-order valence-electron chi connectivity index (χ3n) is 8.14. The van der Waals surface area contributed by atoms with Gasteiger partial charge in [0, 0.05) is 35.8 Å². The van der Waals surface area contributed by atoms with Crippen molar-refractivity contribution >= 4 is 35.3 Å². The van der Waals surface area contributed by atoms with Crippen molar-refractivity contribution < 1.29 is 24.6 Å². The number of nitrogens with zero attached hydrogens (tertiary/aromatic N) is 3. The molecule has 0 bridgehead atoms. The van der Waals surface area contributed by atoms with Crippen LogP contribution in [0.4, 0.5) is 17.1 Å². The van der Waals surface area contributed by atoms with Crippen LogP contribution in [0.2, 0.25) is 0 Å². The van der Waals surface area contributed by atoms with Gasteiger partial charge in [-0.25, -0.2) is 0 Å². The van der Waals surface area contributed by atoms with E-state index in [1.807, 2.05) is 60.7 Å². The zero-order valence-corrected chi connectivity index (χ0v) is 23.1. The Labute approximate surface area is 240 Å². The number of rotatable bonds is 10. The molecular weight excluding hydrogens is 518 g/mol. The molecule has 2 heterocycles. The number of aliphatic hydroxyl groups excluding tert-OH is 1. The number of carbonyl (C=O) groups is 3. The van der Waals surface area contributed by atoms with E-state index in [4.69, 9.17) is 0 Å². The first-order chi connectivity index (χ1) is 19.9. The summed E-state index contributed by atoms with van der Waals surface area (Å²) in [6, 6.07) is 23.8. The van der Waals surface area contributed by atoms with Crippen LogP contribution in [0.15, 0.2) is 91.0 Å². The van der Waals surface area contributed by atoms with Crippen LogP contribution < -0.4 is 9.80 Å². The molecule has 3 amide bonds. The van der Waals surface area contributed by atoms with Gasteiger partial charge in [-0.2, -0.15) is 0 Å². The zero-order valence-electron chi connectivity index (χ0n) is 23.1. The number of benzene rings is 3. The summed E-state index contributed by atoms with van der Waals surface area (Å²) in [5.74, 6) is -1.23. The van der Waals surface area contributed by atoms with Crippen LogP contribution in [0.25, 0.3) is 0 Å². The number of likely N-dealkylation sites (tertiary alicyclic amines) is 1. The molecule has 3 aromatic carbocycles. The van der Waals surface area contributed by atoms with Gasteiger partial charge in [-0.15, -0.1) is 0 Å². The fourth-order valence-electron chi connectivity index (χ4n) is 5.85. The maximum absolute atomic E-state index is 14.0. The second kappa shape index (κ2) is 12.1. The monoisotopic (exact) mass is 553 g/mol. The first-order valence-electron chi connectivity index (χ1n) is 14.0. The molecule has 0 aromatic heterocycles. The number of para-hydroxylation sites is 1. The van der Waals surface area contributed by atoms with Crippen molar-refractivity contribution in [3.63, 3.8) is 0 Å². The summed E-state index contributed by atoms with van der Waals surface area (Å²) < 4.78 is 0. The number of carbonyl (C=O) groups excluding carboxylic acids is 3. The molecule has 41 heavy (non-hydrogen) atoms. The molecule has 3 atom stereocenters. The van der Waals surface area contributed by atoms with Gasteiger partial charge < -0.3 is 20.0 Å². The highest BCUT2D eigenvalue weighted by Gasteiger charge is 2.52. The van der Waals surface area contributed by atoms with Gasteiger partial charge in [0.1, 0.15) is 0 Å². The summed E-state index contributed by atoms with van der Waals surface area (Å²) in [6.07, 6.45) is 5.86. The lowest BCUT2D eigenvalue weighted by molar-refractivity contribution is -0.139. The number of amides is 3. The highest BCUT2D eigenvalue weighted by atomic mass is 16.3. The van der Waals surface area contributed by atoms with E-state index in [0.29, 0.717) is 35.6 Å². The summed E-state index contributed by atoms with van der Waals surface area (Å²) in [4.78, 5) is 43.7. The molecule has 2 aliphatic rings. The number of hydrogen-bond acceptors (Lipinski definition) is 5. The molecule has 8 nitrogen and oxygen atoms in total. The van der Waals surface area contributed by atoms with Crippen molar-refractivity contribution in [1.82, 2.24) is 4.90 Å². The maximum atomic E-state index is 14.0. The molecule has 5 rings (SSSR count). The van der Waals surface area contributed by atoms with E-state index < -0.39 is 17.4 Å². The fraction of sp³-hybridized carbons (Fsp3) is 0.303. The van der Waals surface area contributed by atoms with Crippen molar-refractivity contribution in [2.45, 2.75) is 44.4 Å². The molecule has 8 heteroatoms. The molecule has 1 fully saturated rings. The van der Waals surface area contributed by atoms with Crippen molar-refractivity contribution in [1.29, 1.82) is 0 Å². The first-order valence-corrected chi connectivity index (χ1v) is 14.0. The molecule has 0 radical (unpaired) electrons. The van der Waals surface area contributed by atoms with Crippen LogP contribution >= 0.6 is 0 Å². The Hall–Kier alpha value is -4.27. The third-order valence-corrected chi connectivity index (χ3v) is 8.14. The Morgan fingerprint density at radius 1 is 1.07 bits per heavy atom. The number of anilines is 3. The van der Waals surface area contributed by atoms with Gasteiger partial charge in [-0.1, -0.05) is 67.6 Å². The summed E-state index contributed by atoms with van der Waals surface area (Å²) in [6.45, 7) is 2.59. The van der Waals surface area contributed by atoms with Gasteiger partial charge >= 0.3 is 0 Å². The minimum Gasteiger partial charge on any atom is -0.394 e. The van der Waals surface area contributed by atoms with Gasteiger partial charge in [0.2, 0.25) is 12.3 Å². The second-order valence-electron chi connectivity index (χ2n) is 10.6. The van der Waals surface area contributed by atoms with Gasteiger partial charge in [0.15, 0.2) is 5.60 Å². The lowest BCUT2D eigenvalue weighted by Gasteiger charge is -2.28. The predicted molar refractivity (Wildman–Crippen MR) is 157 cm³/mol.